The first kappa shape index (κ1) is 84.2. The Bertz CT molecular complexity index is 6200. The summed E-state index contributed by atoms with van der Waals surface area (Å²) in [6.07, 6.45) is 0. The van der Waals surface area contributed by atoms with Crippen LogP contribution in [0.25, 0.3) is 123 Å². The summed E-state index contributed by atoms with van der Waals surface area (Å²) in [6.45, 7) is 49.3. The molecule has 0 aliphatic rings. The van der Waals surface area contributed by atoms with E-state index in [1.807, 2.05) is 0 Å². The van der Waals surface area contributed by atoms with Crippen LogP contribution in [0, 0.1) is 48.5 Å². The molecule has 0 spiro atoms. The summed E-state index contributed by atoms with van der Waals surface area (Å²) >= 11 is 0. The average molecular weight is 1540 g/mol. The Hall–Kier alpha value is -11.2. The number of para-hydroxylation sites is 10. The molecule has 0 saturated heterocycles. The fraction of sp³-hybridized carbons (Fsp3) is 0.330. The number of imidazole rings is 5. The standard InChI is InChI=1S/C24H25N2.C22H29N2.C21H27N2.C20H25N2.C19H23N2/c1-17(2)26-23-13-9-8-12-22(23)25(4)24(26)21-16-20(15-14-18(21)3)19-10-6-5-7-11-19;1-15(2)24-20-11-9-8-10-19(20)23(7)21(24)18-14-17(22(4,5)6)13-12-16(18)3;1-14(2)17-12-11-16(5)18(13-17)21-22(6)19-9-7-8-10-20(19)23(21)15(3)4;1-13(2)16-11-15(4)17(12-14(16)3)20-21(5)18-9-7-8-10-19(18)22(20)6;1-13(2)21-18-9-7-6-8-17(18)20(5)19(21)16-12-14(3)10-11-15(16)4/h5-17H,1-4H3;8-15H,1-7H3;7-15H,1-6H3;7-13H,1-6H3;6-13H,1-5H3/q5*+1. The number of aromatic nitrogens is 10. The van der Waals surface area contributed by atoms with Crippen LogP contribution in [0.5, 0.6) is 0 Å². The molecule has 5 heterocycles. The van der Waals surface area contributed by atoms with Crippen LogP contribution in [-0.2, 0) is 47.7 Å². The topological polar surface area (TPSA) is 44.0 Å². The fourth-order valence-corrected chi connectivity index (χ4v) is 17.5. The summed E-state index contributed by atoms with van der Waals surface area (Å²) in [6, 6.07) is 87.4. The van der Waals surface area contributed by atoms with E-state index in [1.54, 1.807) is 0 Å². The van der Waals surface area contributed by atoms with Gasteiger partial charge in [-0.1, -0.05) is 200 Å². The minimum atomic E-state index is 0.149. The predicted octanol–water partition coefficient (Wildman–Crippen LogP) is 24.9. The quantitative estimate of drug-likeness (QED) is 0.109. The summed E-state index contributed by atoms with van der Waals surface area (Å²) in [5.41, 5.74) is 35.6. The highest BCUT2D eigenvalue weighted by Crippen LogP contribution is 2.38. The molecule has 0 radical (unpaired) electrons. The van der Waals surface area contributed by atoms with Gasteiger partial charge in [-0.3, -0.25) is 0 Å². The van der Waals surface area contributed by atoms with Gasteiger partial charge in [0.15, 0.2) is 55.2 Å². The van der Waals surface area contributed by atoms with E-state index in [0.717, 1.165) is 0 Å². The lowest BCUT2D eigenvalue weighted by Crippen LogP contribution is -2.31. The molecular formula is C106H129N10+5. The van der Waals surface area contributed by atoms with Crippen LogP contribution in [0.4, 0.5) is 0 Å². The van der Waals surface area contributed by atoms with E-state index >= 15 is 0 Å². The van der Waals surface area contributed by atoms with Crippen LogP contribution >= 0.6 is 0 Å². The second kappa shape index (κ2) is 34.7. The molecule has 16 aromatic rings. The van der Waals surface area contributed by atoms with Crippen molar-refractivity contribution < 1.29 is 22.8 Å². The van der Waals surface area contributed by atoms with E-state index in [2.05, 4.69) is 477 Å². The number of hydrogen-bond donors (Lipinski definition) is 0. The van der Waals surface area contributed by atoms with Crippen molar-refractivity contribution in [2.75, 3.05) is 0 Å². The Kier molecular flexibility index (Phi) is 25.2. The van der Waals surface area contributed by atoms with E-state index < -0.39 is 0 Å². The summed E-state index contributed by atoms with van der Waals surface area (Å²) in [5, 5.41) is 0. The van der Waals surface area contributed by atoms with Crippen LogP contribution < -0.4 is 22.8 Å². The van der Waals surface area contributed by atoms with Crippen molar-refractivity contribution in [1.82, 2.24) is 22.8 Å². The minimum absolute atomic E-state index is 0.149. The number of fused-ring (bicyclic) bond motifs is 5. The highest BCUT2D eigenvalue weighted by Gasteiger charge is 2.33. The fourth-order valence-electron chi connectivity index (χ4n) is 17.5. The molecule has 5 aromatic heterocycles. The largest absolute Gasteiger partial charge is 0.290 e. The molecule has 11 aromatic carbocycles. The minimum Gasteiger partial charge on any atom is -0.226 e. The van der Waals surface area contributed by atoms with Crippen molar-refractivity contribution in [2.45, 2.75) is 194 Å². The zero-order valence-electron chi connectivity index (χ0n) is 75.0. The average Bonchev–Trinajstić information content (AvgIpc) is 1.64. The molecule has 0 saturated carbocycles. The third-order valence-corrected chi connectivity index (χ3v) is 23.7. The Morgan fingerprint density at radius 2 is 0.595 bits per heavy atom. The van der Waals surface area contributed by atoms with E-state index in [-0.39, 0.29) is 5.41 Å². The van der Waals surface area contributed by atoms with E-state index in [4.69, 9.17) is 0 Å². The lowest BCUT2D eigenvalue weighted by atomic mass is 9.85. The van der Waals surface area contributed by atoms with Crippen molar-refractivity contribution in [3.63, 3.8) is 0 Å². The van der Waals surface area contributed by atoms with Gasteiger partial charge in [0.1, 0.15) is 0 Å². The second-order valence-corrected chi connectivity index (χ2v) is 35.2. The number of hydrogen-bond acceptors (Lipinski definition) is 0. The Balaban J connectivity index is 0.000000134. The molecule has 0 amide bonds. The Morgan fingerprint density at radius 1 is 0.267 bits per heavy atom. The Labute approximate surface area is 692 Å². The molecule has 0 N–H and O–H groups in total. The van der Waals surface area contributed by atoms with Gasteiger partial charge in [-0.2, -0.15) is 0 Å². The van der Waals surface area contributed by atoms with Gasteiger partial charge in [-0.15, -0.1) is 0 Å². The van der Waals surface area contributed by atoms with Crippen LogP contribution in [0.1, 0.15) is 195 Å². The smallest absolute Gasteiger partial charge is 0.226 e. The molecule has 0 unspecified atom stereocenters. The first-order valence-corrected chi connectivity index (χ1v) is 42.1. The summed E-state index contributed by atoms with van der Waals surface area (Å²) < 4.78 is 23.7. The molecule has 0 aliphatic carbocycles. The maximum absolute atomic E-state index is 2.46. The van der Waals surface area contributed by atoms with Crippen LogP contribution in [0.2, 0.25) is 0 Å². The molecule has 10 heteroatoms. The normalized spacial score (nSPS) is 11.7. The number of rotatable bonds is 12. The van der Waals surface area contributed by atoms with Crippen molar-refractivity contribution in [3.05, 3.63) is 292 Å². The number of nitrogens with zero attached hydrogens (tertiary/aromatic N) is 10. The Morgan fingerprint density at radius 3 is 0.983 bits per heavy atom. The maximum Gasteiger partial charge on any atom is 0.290 e. The molecule has 116 heavy (non-hydrogen) atoms. The molecule has 598 valence electrons. The van der Waals surface area contributed by atoms with E-state index in [0.29, 0.717) is 36.0 Å². The van der Waals surface area contributed by atoms with Crippen LogP contribution in [-0.4, -0.2) is 22.8 Å². The molecule has 16 rings (SSSR count). The molecule has 0 fully saturated rings. The third kappa shape index (κ3) is 16.5. The summed E-state index contributed by atoms with van der Waals surface area (Å²) in [7, 11) is 13.0. The van der Waals surface area contributed by atoms with Gasteiger partial charge in [0.05, 0.1) is 94.3 Å². The lowest BCUT2D eigenvalue weighted by molar-refractivity contribution is -0.634. The first-order valence-electron chi connectivity index (χ1n) is 42.1. The third-order valence-electron chi connectivity index (χ3n) is 23.7. The van der Waals surface area contributed by atoms with Gasteiger partial charge < -0.3 is 0 Å². The summed E-state index contributed by atoms with van der Waals surface area (Å²) in [4.78, 5) is 0. The maximum atomic E-state index is 2.46. The van der Waals surface area contributed by atoms with Crippen molar-refractivity contribution in [3.8, 4) is 68.1 Å². The lowest BCUT2D eigenvalue weighted by Gasteiger charge is -2.20. The predicted molar refractivity (Wildman–Crippen MR) is 491 cm³/mol. The molecule has 0 atom stereocenters. The SMILES string of the molecule is Cc1cc(C(C)C)c(C)cc1-c1n(C)c2ccccc2[n+]1C.Cc1ccc(-c2ccccc2)cc1-c1n(C(C)C)c2ccccc2[n+]1C.Cc1ccc(C(C)(C)C)cc1-c1n(C(C)C)c2ccccc2[n+]1C.Cc1ccc(C(C)C)cc1-c1n(C(C)C)c2ccccc2[n+]1C.Cc1ccc(C)c(-c2n(C(C)C)c3ccccc3[n+]2C)c1. The monoisotopic (exact) mass is 1540 g/mol. The molecule has 10 nitrogen and oxygen atoms in total. The van der Waals surface area contributed by atoms with Crippen molar-refractivity contribution in [2.24, 2.45) is 42.3 Å². The first-order chi connectivity index (χ1) is 55.1. The zero-order chi connectivity index (χ0) is 83.8. The highest BCUT2D eigenvalue weighted by molar-refractivity contribution is 5.82. The molecule has 0 aliphatic heterocycles. The number of aryl methyl sites for hydroxylation is 13. The van der Waals surface area contributed by atoms with Crippen molar-refractivity contribution in [1.29, 1.82) is 0 Å². The highest BCUT2D eigenvalue weighted by atomic mass is 15.2. The summed E-state index contributed by atoms with van der Waals surface area (Å²) in [5.74, 6) is 7.49. The van der Waals surface area contributed by atoms with E-state index in [9.17, 15) is 0 Å². The van der Waals surface area contributed by atoms with Crippen LogP contribution in [0.15, 0.2) is 237 Å². The van der Waals surface area contributed by atoms with Gasteiger partial charge in [0.25, 0.3) is 29.1 Å². The van der Waals surface area contributed by atoms with Gasteiger partial charge in [0.2, 0.25) is 0 Å². The van der Waals surface area contributed by atoms with Gasteiger partial charge >= 0.3 is 0 Å². The number of benzene rings is 11. The van der Waals surface area contributed by atoms with Crippen LogP contribution in [0.3, 0.4) is 0 Å². The molecular weight excluding hydrogens is 1410 g/mol. The van der Waals surface area contributed by atoms with Gasteiger partial charge in [0, 0.05) is 0 Å². The van der Waals surface area contributed by atoms with E-state index in [1.165, 1.54) is 179 Å². The zero-order valence-corrected chi connectivity index (χ0v) is 75.0. The second-order valence-electron chi connectivity index (χ2n) is 35.2. The van der Waals surface area contributed by atoms with Crippen molar-refractivity contribution >= 4 is 55.2 Å². The van der Waals surface area contributed by atoms with Gasteiger partial charge in [-0.25, -0.2) is 45.7 Å². The molecule has 0 bridgehead atoms. The van der Waals surface area contributed by atoms with Gasteiger partial charge in [-0.05, 0) is 273 Å².